The molecule has 0 amide bonds. The molecule has 0 radical (unpaired) electrons. The monoisotopic (exact) mass is 261 g/mol. The number of aryl methyl sites for hydroxylation is 1. The SMILES string of the molecule is CCCc1[nH]c(=S)[nH]c(=O)c1Cc1cccnc1. The first-order chi connectivity index (χ1) is 8.70. The van der Waals surface area contributed by atoms with Gasteiger partial charge in [0.25, 0.3) is 5.56 Å². The van der Waals surface area contributed by atoms with Crippen LogP contribution in [-0.4, -0.2) is 15.0 Å². The summed E-state index contributed by atoms with van der Waals surface area (Å²) in [6.45, 7) is 2.08. The minimum Gasteiger partial charge on any atom is -0.336 e. The van der Waals surface area contributed by atoms with Gasteiger partial charge in [-0.15, -0.1) is 0 Å². The standard InChI is InChI=1S/C13H15N3OS/c1-2-4-11-10(12(17)16-13(18)15-11)7-9-5-3-6-14-8-9/h3,5-6,8H,2,4,7H2,1H3,(H2,15,16,17,18). The topological polar surface area (TPSA) is 61.5 Å². The van der Waals surface area contributed by atoms with E-state index in [1.165, 1.54) is 0 Å². The molecule has 0 aliphatic rings. The number of aromatic nitrogens is 3. The molecule has 0 atom stereocenters. The molecule has 0 aromatic carbocycles. The maximum atomic E-state index is 12.0. The van der Waals surface area contributed by atoms with Crippen LogP contribution in [0.5, 0.6) is 0 Å². The largest absolute Gasteiger partial charge is 0.336 e. The van der Waals surface area contributed by atoms with Gasteiger partial charge in [0.15, 0.2) is 4.77 Å². The van der Waals surface area contributed by atoms with Gasteiger partial charge in [-0.1, -0.05) is 19.4 Å². The van der Waals surface area contributed by atoms with E-state index in [0.29, 0.717) is 11.2 Å². The van der Waals surface area contributed by atoms with Crippen molar-refractivity contribution in [3.05, 3.63) is 56.5 Å². The maximum Gasteiger partial charge on any atom is 0.255 e. The lowest BCUT2D eigenvalue weighted by molar-refractivity contribution is 0.832. The number of aromatic amines is 2. The Labute approximate surface area is 110 Å². The van der Waals surface area contributed by atoms with Crippen LogP contribution in [0.1, 0.15) is 30.2 Å². The minimum absolute atomic E-state index is 0.106. The Hall–Kier alpha value is -1.75. The summed E-state index contributed by atoms with van der Waals surface area (Å²) in [4.78, 5) is 21.8. The first-order valence-corrected chi connectivity index (χ1v) is 6.34. The molecule has 5 heteroatoms. The van der Waals surface area contributed by atoms with Crippen molar-refractivity contribution in [3.63, 3.8) is 0 Å². The number of hydrogen-bond donors (Lipinski definition) is 2. The lowest BCUT2D eigenvalue weighted by Gasteiger charge is -2.07. The van der Waals surface area contributed by atoms with Gasteiger partial charge in [-0.3, -0.25) is 14.8 Å². The van der Waals surface area contributed by atoms with Gasteiger partial charge < -0.3 is 4.98 Å². The van der Waals surface area contributed by atoms with Crippen molar-refractivity contribution in [1.29, 1.82) is 0 Å². The van der Waals surface area contributed by atoms with E-state index in [4.69, 9.17) is 12.2 Å². The van der Waals surface area contributed by atoms with Crippen LogP contribution in [0.4, 0.5) is 0 Å². The Balaban J connectivity index is 2.43. The molecular formula is C13H15N3OS. The Bertz CT molecular complexity index is 631. The normalized spacial score (nSPS) is 10.5. The summed E-state index contributed by atoms with van der Waals surface area (Å²) in [5.41, 5.74) is 2.59. The highest BCUT2D eigenvalue weighted by Crippen LogP contribution is 2.09. The van der Waals surface area contributed by atoms with Gasteiger partial charge in [0, 0.05) is 30.1 Å². The zero-order valence-corrected chi connectivity index (χ0v) is 11.0. The van der Waals surface area contributed by atoms with Crippen molar-refractivity contribution in [2.75, 3.05) is 0 Å². The van der Waals surface area contributed by atoms with E-state index in [-0.39, 0.29) is 5.56 Å². The smallest absolute Gasteiger partial charge is 0.255 e. The van der Waals surface area contributed by atoms with E-state index < -0.39 is 0 Å². The summed E-state index contributed by atoms with van der Waals surface area (Å²) in [7, 11) is 0. The van der Waals surface area contributed by atoms with Crippen LogP contribution in [0, 0.1) is 4.77 Å². The predicted molar refractivity (Wildman–Crippen MR) is 73.3 cm³/mol. The Morgan fingerprint density at radius 3 is 2.89 bits per heavy atom. The number of nitrogens with one attached hydrogen (secondary N) is 2. The number of pyridine rings is 1. The molecule has 0 fully saturated rings. The summed E-state index contributed by atoms with van der Waals surface area (Å²) in [6, 6.07) is 3.83. The molecule has 0 bridgehead atoms. The molecule has 0 aliphatic carbocycles. The molecular weight excluding hydrogens is 246 g/mol. The lowest BCUT2D eigenvalue weighted by Crippen LogP contribution is -2.18. The van der Waals surface area contributed by atoms with Crippen molar-refractivity contribution in [2.24, 2.45) is 0 Å². The number of hydrogen-bond acceptors (Lipinski definition) is 3. The highest BCUT2D eigenvalue weighted by molar-refractivity contribution is 7.71. The molecule has 0 saturated carbocycles. The maximum absolute atomic E-state index is 12.0. The molecule has 4 nitrogen and oxygen atoms in total. The molecule has 2 heterocycles. The van der Waals surface area contributed by atoms with Gasteiger partial charge in [-0.25, -0.2) is 0 Å². The molecule has 2 rings (SSSR count). The van der Waals surface area contributed by atoms with Crippen LogP contribution in [0.2, 0.25) is 0 Å². The molecule has 2 aromatic heterocycles. The van der Waals surface area contributed by atoms with E-state index in [0.717, 1.165) is 29.7 Å². The van der Waals surface area contributed by atoms with Crippen molar-refractivity contribution in [2.45, 2.75) is 26.2 Å². The summed E-state index contributed by atoms with van der Waals surface area (Å²) in [6.07, 6.45) is 5.86. The van der Waals surface area contributed by atoms with Crippen molar-refractivity contribution in [3.8, 4) is 0 Å². The Morgan fingerprint density at radius 2 is 2.22 bits per heavy atom. The van der Waals surface area contributed by atoms with E-state index in [9.17, 15) is 4.79 Å². The first kappa shape index (κ1) is 12.7. The molecule has 2 aromatic rings. The highest BCUT2D eigenvalue weighted by atomic mass is 32.1. The first-order valence-electron chi connectivity index (χ1n) is 5.94. The second-order valence-corrected chi connectivity index (χ2v) is 4.56. The number of nitrogens with zero attached hydrogens (tertiary/aromatic N) is 1. The summed E-state index contributed by atoms with van der Waals surface area (Å²) < 4.78 is 0.387. The van der Waals surface area contributed by atoms with Gasteiger partial charge in [-0.2, -0.15) is 0 Å². The summed E-state index contributed by atoms with van der Waals surface area (Å²) in [5.74, 6) is 0. The fraction of sp³-hybridized carbons (Fsp3) is 0.308. The zero-order valence-electron chi connectivity index (χ0n) is 10.2. The lowest BCUT2D eigenvalue weighted by atomic mass is 10.0. The number of rotatable bonds is 4. The fourth-order valence-electron chi connectivity index (χ4n) is 1.92. The fourth-order valence-corrected chi connectivity index (χ4v) is 2.13. The van der Waals surface area contributed by atoms with E-state index in [1.54, 1.807) is 12.4 Å². The van der Waals surface area contributed by atoms with Gasteiger partial charge in [0.05, 0.1) is 0 Å². The van der Waals surface area contributed by atoms with Gasteiger partial charge >= 0.3 is 0 Å². The average Bonchev–Trinajstić information content (AvgIpc) is 2.35. The average molecular weight is 261 g/mol. The Morgan fingerprint density at radius 1 is 1.39 bits per heavy atom. The van der Waals surface area contributed by atoms with Crippen LogP contribution in [0.3, 0.4) is 0 Å². The minimum atomic E-state index is -0.106. The van der Waals surface area contributed by atoms with Crippen LogP contribution in [-0.2, 0) is 12.8 Å². The molecule has 0 unspecified atom stereocenters. The predicted octanol–water partition coefficient (Wildman–Crippen LogP) is 2.37. The van der Waals surface area contributed by atoms with Crippen molar-refractivity contribution < 1.29 is 0 Å². The van der Waals surface area contributed by atoms with Crippen LogP contribution in [0.25, 0.3) is 0 Å². The van der Waals surface area contributed by atoms with Gasteiger partial charge in [-0.05, 0) is 30.3 Å². The third kappa shape index (κ3) is 2.92. The van der Waals surface area contributed by atoms with Gasteiger partial charge in [0.1, 0.15) is 0 Å². The molecule has 94 valence electrons. The third-order valence-corrected chi connectivity index (χ3v) is 2.94. The third-order valence-electron chi connectivity index (χ3n) is 2.73. The molecule has 0 aliphatic heterocycles. The second kappa shape index (κ2) is 5.73. The quantitative estimate of drug-likeness (QED) is 0.831. The molecule has 0 saturated heterocycles. The van der Waals surface area contributed by atoms with Gasteiger partial charge in [0.2, 0.25) is 0 Å². The highest BCUT2D eigenvalue weighted by Gasteiger charge is 2.08. The summed E-state index contributed by atoms with van der Waals surface area (Å²) >= 11 is 5.00. The van der Waals surface area contributed by atoms with Crippen LogP contribution < -0.4 is 5.56 Å². The van der Waals surface area contributed by atoms with Crippen molar-refractivity contribution >= 4 is 12.2 Å². The van der Waals surface area contributed by atoms with E-state index >= 15 is 0 Å². The van der Waals surface area contributed by atoms with Crippen LogP contribution in [0.15, 0.2) is 29.3 Å². The van der Waals surface area contributed by atoms with E-state index in [2.05, 4.69) is 21.9 Å². The number of H-pyrrole nitrogens is 2. The zero-order chi connectivity index (χ0) is 13.0. The van der Waals surface area contributed by atoms with Crippen molar-refractivity contribution in [1.82, 2.24) is 15.0 Å². The second-order valence-electron chi connectivity index (χ2n) is 4.15. The summed E-state index contributed by atoms with van der Waals surface area (Å²) in [5, 5.41) is 0. The van der Waals surface area contributed by atoms with E-state index in [1.807, 2.05) is 12.1 Å². The molecule has 2 N–H and O–H groups in total. The Kier molecular flexibility index (Phi) is 4.04. The molecule has 18 heavy (non-hydrogen) atoms. The molecule has 0 spiro atoms. The van der Waals surface area contributed by atoms with Crippen LogP contribution >= 0.6 is 12.2 Å².